The molecule has 0 fully saturated rings. The van der Waals surface area contributed by atoms with Crippen LogP contribution in [0.3, 0.4) is 0 Å². The highest BCUT2D eigenvalue weighted by Crippen LogP contribution is 2.44. The quantitative estimate of drug-likeness (QED) is 0.230. The summed E-state index contributed by atoms with van der Waals surface area (Å²) in [5, 5.41) is 8.89. The smallest absolute Gasteiger partial charge is 0.125 e. The van der Waals surface area contributed by atoms with Gasteiger partial charge in [0, 0.05) is 32.3 Å². The van der Waals surface area contributed by atoms with Gasteiger partial charge in [-0.2, -0.15) is 0 Å². The van der Waals surface area contributed by atoms with Gasteiger partial charge < -0.3 is 37.2 Å². The summed E-state index contributed by atoms with van der Waals surface area (Å²) in [6.07, 6.45) is 0. The van der Waals surface area contributed by atoms with Gasteiger partial charge >= 0.3 is 0 Å². The van der Waals surface area contributed by atoms with E-state index >= 15 is 0 Å². The lowest BCUT2D eigenvalue weighted by Gasteiger charge is -2.21. The van der Waals surface area contributed by atoms with Gasteiger partial charge in [0.15, 0.2) is 0 Å². The number of quaternary nitrogens is 3. The lowest BCUT2D eigenvalue weighted by atomic mass is 9.94. The molecule has 4 aromatic carbocycles. The molecule has 13 N–H and O–H groups in total. The Morgan fingerprint density at radius 3 is 1.16 bits per heavy atom. The second-order valence-electron chi connectivity index (χ2n) is 6.20. The Hall–Kier alpha value is -2.67. The predicted molar refractivity (Wildman–Crippen MR) is 114 cm³/mol. The normalized spacial score (nSPS) is 12.3. The molecule has 0 bridgehead atoms. The maximum absolute atomic E-state index is 11.7. The topological polar surface area (TPSA) is 301 Å². The summed E-state index contributed by atoms with van der Waals surface area (Å²) in [4.78, 5) is -2.86. The lowest BCUT2D eigenvalue weighted by molar-refractivity contribution is 0.458. The number of phenols is 1. The fraction of sp³-hybridized carbons (Fsp3) is 0. The molecule has 0 aliphatic heterocycles. The van der Waals surface area contributed by atoms with Crippen LogP contribution in [0.4, 0.5) is 0 Å². The third kappa shape index (κ3) is 3.94. The molecule has 32 heavy (non-hydrogen) atoms. The van der Waals surface area contributed by atoms with E-state index in [1.807, 2.05) is 0 Å². The number of rotatable bonds is 3. The van der Waals surface area contributed by atoms with Crippen LogP contribution >= 0.6 is 0 Å². The van der Waals surface area contributed by atoms with Crippen molar-refractivity contribution in [2.45, 2.75) is 14.7 Å². The number of hydrogen-bond acceptors (Lipinski definition) is 10. The first-order valence-electron chi connectivity index (χ1n) is 7.56. The van der Waals surface area contributed by atoms with Crippen LogP contribution in [-0.4, -0.2) is 44.0 Å². The van der Waals surface area contributed by atoms with Gasteiger partial charge in [0.25, 0.3) is 0 Å². The zero-order valence-corrected chi connectivity index (χ0v) is 19.3. The van der Waals surface area contributed by atoms with Crippen LogP contribution in [0.2, 0.25) is 0 Å². The second-order valence-corrected chi connectivity index (χ2v) is 10.2. The Morgan fingerprint density at radius 2 is 0.812 bits per heavy atom. The fourth-order valence-corrected chi connectivity index (χ4v) is 5.67. The molecule has 0 atom stereocenters. The molecule has 0 saturated carbocycles. The Labute approximate surface area is 182 Å². The molecular weight excluding hydrogens is 490 g/mol. The molecule has 0 amide bonds. The van der Waals surface area contributed by atoms with E-state index in [1.165, 1.54) is 6.07 Å². The van der Waals surface area contributed by atoms with Crippen LogP contribution in [0.5, 0.6) is 5.75 Å². The highest BCUT2D eigenvalue weighted by Gasteiger charge is 2.23. The number of benzene rings is 4. The summed E-state index contributed by atoms with van der Waals surface area (Å²) in [5.41, 5.74) is 0. The van der Waals surface area contributed by atoms with Crippen molar-refractivity contribution in [3.05, 3.63) is 36.4 Å². The number of phenolic OH excluding ortho intramolecular Hbond substituents is 1. The average molecular weight is 510 g/mol. The van der Waals surface area contributed by atoms with E-state index in [-0.39, 0.29) is 50.8 Å². The molecule has 4 rings (SSSR count). The van der Waals surface area contributed by atoms with Crippen LogP contribution in [0.25, 0.3) is 32.3 Å². The van der Waals surface area contributed by atoms with Gasteiger partial charge in [-0.3, -0.25) is 0 Å². The maximum atomic E-state index is 11.7. The van der Waals surface area contributed by atoms with Crippen LogP contribution in [0, 0.1) is 0 Å². The van der Waals surface area contributed by atoms with E-state index in [0.29, 0.717) is 12.1 Å². The van der Waals surface area contributed by atoms with E-state index in [9.17, 15) is 44.0 Å². The molecule has 176 valence electrons. The molecule has 4 aromatic rings. The molecule has 13 nitrogen and oxygen atoms in total. The predicted octanol–water partition coefficient (Wildman–Crippen LogP) is 2.13. The molecule has 0 spiro atoms. The van der Waals surface area contributed by atoms with Crippen LogP contribution in [0.1, 0.15) is 0 Å². The molecule has 0 saturated heterocycles. The maximum Gasteiger partial charge on any atom is 0.125 e. The van der Waals surface area contributed by atoms with E-state index in [4.69, 9.17) is 0 Å². The van der Waals surface area contributed by atoms with Crippen molar-refractivity contribution in [1.82, 2.24) is 18.5 Å². The van der Waals surface area contributed by atoms with Gasteiger partial charge in [-0.05, 0) is 18.2 Å². The van der Waals surface area contributed by atoms with Gasteiger partial charge in [-0.1, -0.05) is 18.2 Å². The largest absolute Gasteiger partial charge is 0.744 e. The third-order valence-electron chi connectivity index (χ3n) is 4.57. The van der Waals surface area contributed by atoms with E-state index in [0.717, 1.165) is 18.2 Å². The van der Waals surface area contributed by atoms with E-state index in [2.05, 4.69) is 0 Å². The SMILES string of the molecule is O=S(=O)([O-])c1cc(O)c2ccc3c(S(=O)(=O)[O-])cc(S(=O)(=O)[O-])c4ccc1c2c34.[NH4+].[NH4+].[NH4+]. The van der Waals surface area contributed by atoms with Gasteiger partial charge in [0.1, 0.15) is 36.1 Å². The van der Waals surface area contributed by atoms with Gasteiger partial charge in [0.2, 0.25) is 0 Å². The number of aromatic hydroxyl groups is 1. The van der Waals surface area contributed by atoms with Gasteiger partial charge in [0.05, 0.1) is 14.7 Å². The monoisotopic (exact) mass is 509 g/mol. The summed E-state index contributed by atoms with van der Waals surface area (Å²) in [6, 6.07) is 5.54. The minimum Gasteiger partial charge on any atom is -0.744 e. The first-order chi connectivity index (χ1) is 13.2. The van der Waals surface area contributed by atoms with Crippen molar-refractivity contribution in [2.75, 3.05) is 0 Å². The zero-order valence-electron chi connectivity index (χ0n) is 16.8. The summed E-state index contributed by atoms with van der Waals surface area (Å²) < 4.78 is 105. The van der Waals surface area contributed by atoms with Crippen LogP contribution in [0.15, 0.2) is 51.1 Å². The number of hydrogen-bond donors (Lipinski definition) is 4. The molecule has 0 aliphatic carbocycles. The molecule has 16 heteroatoms. The third-order valence-corrected chi connectivity index (χ3v) is 7.20. The minimum atomic E-state index is -5.25. The summed E-state index contributed by atoms with van der Waals surface area (Å²) in [6.45, 7) is 0. The lowest BCUT2D eigenvalue weighted by Crippen LogP contribution is -2.07. The molecule has 0 aromatic heterocycles. The first-order valence-corrected chi connectivity index (χ1v) is 11.8. The summed E-state index contributed by atoms with van der Waals surface area (Å²) >= 11 is 0. The Kier molecular flexibility index (Phi) is 6.87. The minimum absolute atomic E-state index is 0. The van der Waals surface area contributed by atoms with E-state index < -0.39 is 50.8 Å². The Bertz CT molecular complexity index is 1630. The van der Waals surface area contributed by atoms with Crippen molar-refractivity contribution in [3.63, 3.8) is 0 Å². The van der Waals surface area contributed by atoms with Gasteiger partial charge in [-0.15, -0.1) is 0 Å². The van der Waals surface area contributed by atoms with Crippen molar-refractivity contribution in [1.29, 1.82) is 0 Å². The van der Waals surface area contributed by atoms with Crippen molar-refractivity contribution >= 4 is 62.7 Å². The average Bonchev–Trinajstić information content (AvgIpc) is 2.57. The molecule has 0 heterocycles. The standard InChI is InChI=1S/C16H10O10S3.3H3N/c17-11-5-12(27(18,19)20)8-3-4-10-14(29(24,25)26)6-13(28(21,22)23)9-2-1-7(11)15(8)16(9)10;;;/h1-6,17H,(H,18,19,20)(H,21,22,23)(H,24,25,26);3*1H3. The highest BCUT2D eigenvalue weighted by molar-refractivity contribution is 7.87. The van der Waals surface area contributed by atoms with E-state index in [1.54, 1.807) is 0 Å². The van der Waals surface area contributed by atoms with Crippen molar-refractivity contribution in [2.24, 2.45) is 0 Å². The molecule has 0 aliphatic rings. The van der Waals surface area contributed by atoms with Gasteiger partial charge in [-0.25, -0.2) is 25.3 Å². The van der Waals surface area contributed by atoms with Crippen molar-refractivity contribution < 1.29 is 44.0 Å². The van der Waals surface area contributed by atoms with Crippen molar-refractivity contribution in [3.8, 4) is 5.75 Å². The molecular formula is C16H19N3O10S3. The molecule has 0 unspecified atom stereocenters. The summed E-state index contributed by atoms with van der Waals surface area (Å²) in [7, 11) is -15.6. The zero-order chi connectivity index (χ0) is 21.5. The van der Waals surface area contributed by atoms with Crippen LogP contribution in [-0.2, 0) is 30.4 Å². The first kappa shape index (κ1) is 27.4. The summed E-state index contributed by atoms with van der Waals surface area (Å²) in [5.74, 6) is -0.650. The highest BCUT2D eigenvalue weighted by atomic mass is 32.2. The Balaban J connectivity index is 0.00000171. The second kappa shape index (κ2) is 8.03. The fourth-order valence-electron chi connectivity index (χ4n) is 3.50. The molecule has 0 radical (unpaired) electrons. The van der Waals surface area contributed by atoms with Crippen LogP contribution < -0.4 is 18.5 Å². The Morgan fingerprint density at radius 1 is 0.531 bits per heavy atom.